The van der Waals surface area contributed by atoms with E-state index in [9.17, 15) is 9.90 Å². The van der Waals surface area contributed by atoms with Crippen molar-refractivity contribution in [2.45, 2.75) is 19.9 Å². The van der Waals surface area contributed by atoms with Gasteiger partial charge in [-0.05, 0) is 42.2 Å². The number of aryl methyl sites for hydroxylation is 1. The third kappa shape index (κ3) is 2.52. The topological polar surface area (TPSA) is 49.8 Å². The van der Waals surface area contributed by atoms with Crippen molar-refractivity contribution in [3.05, 3.63) is 58.7 Å². The highest BCUT2D eigenvalue weighted by molar-refractivity contribution is 5.97. The fraction of sp³-hybridized carbons (Fsp3) is 0.278. The van der Waals surface area contributed by atoms with Crippen LogP contribution in [0.3, 0.4) is 0 Å². The minimum Gasteiger partial charge on any atom is -0.504 e. The number of amides is 1. The normalized spacial score (nSPS) is 13.9. The molecule has 1 aliphatic heterocycles. The van der Waals surface area contributed by atoms with Gasteiger partial charge in [-0.3, -0.25) is 4.79 Å². The fourth-order valence-corrected chi connectivity index (χ4v) is 2.85. The Balaban J connectivity index is 1.88. The highest BCUT2D eigenvalue weighted by atomic mass is 16.5. The number of phenols is 1. The van der Waals surface area contributed by atoms with Crippen LogP contribution in [0.25, 0.3) is 0 Å². The van der Waals surface area contributed by atoms with E-state index in [4.69, 9.17) is 4.74 Å². The second-order valence-corrected chi connectivity index (χ2v) is 5.58. The summed E-state index contributed by atoms with van der Waals surface area (Å²) in [7, 11) is 1.51. The van der Waals surface area contributed by atoms with Crippen LogP contribution in [0.1, 0.15) is 27.0 Å². The maximum Gasteiger partial charge on any atom is 0.254 e. The van der Waals surface area contributed by atoms with Gasteiger partial charge in [0.2, 0.25) is 0 Å². The summed E-state index contributed by atoms with van der Waals surface area (Å²) in [6.45, 7) is 3.32. The van der Waals surface area contributed by atoms with E-state index in [1.165, 1.54) is 18.7 Å². The number of hydrogen-bond acceptors (Lipinski definition) is 3. The first kappa shape index (κ1) is 14.4. The number of carbonyl (C=O) groups is 1. The van der Waals surface area contributed by atoms with Crippen molar-refractivity contribution in [2.24, 2.45) is 0 Å². The molecule has 0 atom stereocenters. The molecule has 1 N–H and O–H groups in total. The van der Waals surface area contributed by atoms with Gasteiger partial charge in [-0.2, -0.15) is 0 Å². The Morgan fingerprint density at radius 3 is 2.77 bits per heavy atom. The van der Waals surface area contributed by atoms with Crippen LogP contribution in [-0.2, 0) is 13.0 Å². The van der Waals surface area contributed by atoms with Gasteiger partial charge in [0, 0.05) is 18.7 Å². The van der Waals surface area contributed by atoms with Crippen LogP contribution >= 0.6 is 0 Å². The van der Waals surface area contributed by atoms with E-state index in [1.54, 1.807) is 6.07 Å². The second-order valence-electron chi connectivity index (χ2n) is 5.58. The van der Waals surface area contributed by atoms with Gasteiger partial charge in [-0.15, -0.1) is 0 Å². The lowest BCUT2D eigenvalue weighted by Crippen LogP contribution is -2.37. The number of aromatic hydroxyl groups is 1. The van der Waals surface area contributed by atoms with Gasteiger partial charge < -0.3 is 14.7 Å². The van der Waals surface area contributed by atoms with Crippen LogP contribution in [0.15, 0.2) is 36.4 Å². The molecule has 114 valence electrons. The average molecular weight is 297 g/mol. The predicted molar refractivity (Wildman–Crippen MR) is 84.3 cm³/mol. The van der Waals surface area contributed by atoms with Gasteiger partial charge in [0.25, 0.3) is 5.91 Å². The van der Waals surface area contributed by atoms with E-state index in [2.05, 4.69) is 0 Å². The molecule has 0 aromatic heterocycles. The van der Waals surface area contributed by atoms with Crippen LogP contribution < -0.4 is 4.74 Å². The molecule has 0 fully saturated rings. The minimum atomic E-state index is -0.0394. The Labute approximate surface area is 130 Å². The summed E-state index contributed by atoms with van der Waals surface area (Å²) >= 11 is 0. The molecule has 1 aliphatic rings. The molecule has 22 heavy (non-hydrogen) atoms. The van der Waals surface area contributed by atoms with Gasteiger partial charge in [0.15, 0.2) is 11.5 Å². The molecule has 4 heteroatoms. The lowest BCUT2D eigenvalue weighted by Gasteiger charge is -2.29. The van der Waals surface area contributed by atoms with Crippen molar-refractivity contribution < 1.29 is 14.6 Å². The highest BCUT2D eigenvalue weighted by Gasteiger charge is 2.26. The molecule has 1 amide bonds. The summed E-state index contributed by atoms with van der Waals surface area (Å²) in [5.74, 6) is 0.383. The highest BCUT2D eigenvalue weighted by Crippen LogP contribution is 2.32. The van der Waals surface area contributed by atoms with E-state index in [0.717, 1.165) is 17.5 Å². The molecule has 0 unspecified atom stereocenters. The third-order valence-corrected chi connectivity index (χ3v) is 4.20. The number of fused-ring (bicyclic) bond motifs is 1. The number of carbonyl (C=O) groups excluding carboxylic acids is 1. The number of rotatable bonds is 3. The minimum absolute atomic E-state index is 0.00680. The molecule has 0 saturated heterocycles. The van der Waals surface area contributed by atoms with Crippen LogP contribution in [-0.4, -0.2) is 29.6 Å². The zero-order valence-corrected chi connectivity index (χ0v) is 12.8. The quantitative estimate of drug-likeness (QED) is 0.947. The van der Waals surface area contributed by atoms with E-state index >= 15 is 0 Å². The molecule has 0 saturated carbocycles. The van der Waals surface area contributed by atoms with Gasteiger partial charge in [-0.25, -0.2) is 0 Å². The molecule has 4 nitrogen and oxygen atoms in total. The second kappa shape index (κ2) is 5.72. The largest absolute Gasteiger partial charge is 0.504 e. The zero-order chi connectivity index (χ0) is 15.7. The average Bonchev–Trinajstić information content (AvgIpc) is 2.52. The van der Waals surface area contributed by atoms with Crippen LogP contribution in [0.5, 0.6) is 11.5 Å². The van der Waals surface area contributed by atoms with E-state index < -0.39 is 0 Å². The Morgan fingerprint density at radius 1 is 1.27 bits per heavy atom. The molecule has 0 spiro atoms. The number of ether oxygens (including phenoxy) is 1. The van der Waals surface area contributed by atoms with E-state index in [0.29, 0.717) is 24.4 Å². The molecule has 3 rings (SSSR count). The van der Waals surface area contributed by atoms with Crippen molar-refractivity contribution in [3.8, 4) is 11.5 Å². The number of phenolic OH excluding ortho intramolecular Hbond substituents is 1. The SMILES string of the molecule is COc1cc2c(cc1O)C(=O)N(Cc1ccccc1C)CC2. The van der Waals surface area contributed by atoms with Crippen molar-refractivity contribution in [2.75, 3.05) is 13.7 Å². The van der Waals surface area contributed by atoms with Gasteiger partial charge in [0.05, 0.1) is 7.11 Å². The van der Waals surface area contributed by atoms with Crippen LogP contribution in [0, 0.1) is 6.92 Å². The first-order valence-corrected chi connectivity index (χ1v) is 7.34. The number of nitrogens with zero attached hydrogens (tertiary/aromatic N) is 1. The van der Waals surface area contributed by atoms with Crippen LogP contribution in [0.4, 0.5) is 0 Å². The maximum absolute atomic E-state index is 12.7. The molecular weight excluding hydrogens is 278 g/mol. The summed E-state index contributed by atoms with van der Waals surface area (Å²) in [5, 5.41) is 9.91. The van der Waals surface area contributed by atoms with Gasteiger partial charge in [-0.1, -0.05) is 24.3 Å². The summed E-state index contributed by atoms with van der Waals surface area (Å²) in [4.78, 5) is 14.5. The summed E-state index contributed by atoms with van der Waals surface area (Å²) in [6.07, 6.45) is 0.767. The predicted octanol–water partition coefficient (Wildman–Crippen LogP) is 2.91. The standard InChI is InChI=1S/C18H19NO3/c1-12-5-3-4-6-14(12)11-19-8-7-13-9-17(22-2)16(20)10-15(13)18(19)21/h3-6,9-10,20H,7-8,11H2,1-2H3. The van der Waals surface area contributed by atoms with Gasteiger partial charge >= 0.3 is 0 Å². The van der Waals surface area contributed by atoms with Crippen molar-refractivity contribution in [3.63, 3.8) is 0 Å². The number of methoxy groups -OCH3 is 1. The Hall–Kier alpha value is -2.49. The summed E-state index contributed by atoms with van der Waals surface area (Å²) in [5.41, 5.74) is 3.83. The number of hydrogen-bond donors (Lipinski definition) is 1. The Morgan fingerprint density at radius 2 is 2.05 bits per heavy atom. The molecule has 2 aromatic carbocycles. The Bertz CT molecular complexity index is 724. The van der Waals surface area contributed by atoms with E-state index in [1.807, 2.05) is 36.1 Å². The van der Waals surface area contributed by atoms with Crippen LogP contribution in [0.2, 0.25) is 0 Å². The Kier molecular flexibility index (Phi) is 3.75. The molecule has 0 radical (unpaired) electrons. The van der Waals surface area contributed by atoms with Crippen molar-refractivity contribution >= 4 is 5.91 Å². The molecule has 0 aliphatic carbocycles. The lowest BCUT2D eigenvalue weighted by atomic mass is 9.97. The molecule has 0 bridgehead atoms. The first-order valence-electron chi connectivity index (χ1n) is 7.34. The van der Waals surface area contributed by atoms with Crippen molar-refractivity contribution in [1.82, 2.24) is 4.90 Å². The third-order valence-electron chi connectivity index (χ3n) is 4.20. The monoisotopic (exact) mass is 297 g/mol. The summed E-state index contributed by atoms with van der Waals surface area (Å²) in [6, 6.07) is 11.4. The van der Waals surface area contributed by atoms with E-state index in [-0.39, 0.29) is 11.7 Å². The zero-order valence-electron chi connectivity index (χ0n) is 12.8. The molecule has 2 aromatic rings. The summed E-state index contributed by atoms with van der Waals surface area (Å²) < 4.78 is 5.11. The fourth-order valence-electron chi connectivity index (χ4n) is 2.85. The van der Waals surface area contributed by atoms with Gasteiger partial charge in [0.1, 0.15) is 0 Å². The molecule has 1 heterocycles. The smallest absolute Gasteiger partial charge is 0.254 e. The van der Waals surface area contributed by atoms with Crippen molar-refractivity contribution in [1.29, 1.82) is 0 Å². The lowest BCUT2D eigenvalue weighted by molar-refractivity contribution is 0.0726. The maximum atomic E-state index is 12.7. The number of benzene rings is 2. The first-order chi connectivity index (χ1) is 10.6. The molecular formula is C18H19NO3.